The lowest BCUT2D eigenvalue weighted by Crippen LogP contribution is -2.54. The molecular weight excluding hydrogens is 344 g/mol. The monoisotopic (exact) mass is 368 g/mol. The second-order valence-corrected chi connectivity index (χ2v) is 8.29. The van der Waals surface area contributed by atoms with E-state index in [2.05, 4.69) is 24.9 Å². The van der Waals surface area contributed by atoms with E-state index in [9.17, 15) is 4.79 Å². The Bertz CT molecular complexity index is 890. The minimum Gasteiger partial charge on any atom is -0.487 e. The van der Waals surface area contributed by atoms with Gasteiger partial charge in [-0.15, -0.1) is 0 Å². The number of benzene rings is 1. The number of hydrogen-bond acceptors (Lipinski definition) is 5. The predicted molar refractivity (Wildman–Crippen MR) is 97.6 cm³/mol. The number of likely N-dealkylation sites (tertiary alicyclic amines) is 1. The average Bonchev–Trinajstić information content (AvgIpc) is 3.25. The molecule has 6 heteroatoms. The molecule has 3 aliphatic heterocycles. The number of nitrogens with zero attached hydrogens (tertiary/aromatic N) is 2. The van der Waals surface area contributed by atoms with Crippen LogP contribution in [0.3, 0.4) is 0 Å². The van der Waals surface area contributed by atoms with Gasteiger partial charge < -0.3 is 18.8 Å². The van der Waals surface area contributed by atoms with Gasteiger partial charge in [-0.25, -0.2) is 4.98 Å². The molecule has 6 nitrogen and oxygen atoms in total. The second kappa shape index (κ2) is 5.83. The van der Waals surface area contributed by atoms with Crippen molar-refractivity contribution in [3.8, 4) is 5.75 Å². The minimum absolute atomic E-state index is 0.00929. The molecule has 0 saturated carbocycles. The quantitative estimate of drug-likeness (QED) is 0.771. The fourth-order valence-corrected chi connectivity index (χ4v) is 4.93. The van der Waals surface area contributed by atoms with Gasteiger partial charge >= 0.3 is 0 Å². The number of aryl methyl sites for hydroxylation is 1. The molecule has 0 radical (unpaired) electrons. The van der Waals surface area contributed by atoms with Gasteiger partial charge in [0.05, 0.1) is 18.2 Å². The van der Waals surface area contributed by atoms with Crippen LogP contribution in [0, 0.1) is 12.8 Å². The van der Waals surface area contributed by atoms with E-state index in [1.807, 2.05) is 23.1 Å². The van der Waals surface area contributed by atoms with E-state index in [4.69, 9.17) is 13.9 Å². The third-order valence-electron chi connectivity index (χ3n) is 6.37. The summed E-state index contributed by atoms with van der Waals surface area (Å²) in [6.45, 7) is 6.69. The number of fused-ring (bicyclic) bond motifs is 4. The van der Waals surface area contributed by atoms with Gasteiger partial charge in [0.2, 0.25) is 0 Å². The summed E-state index contributed by atoms with van der Waals surface area (Å²) in [5.74, 6) is 1.59. The van der Waals surface area contributed by atoms with E-state index in [0.29, 0.717) is 18.0 Å². The summed E-state index contributed by atoms with van der Waals surface area (Å²) in [6.07, 6.45) is 3.09. The van der Waals surface area contributed by atoms with E-state index < -0.39 is 0 Å². The summed E-state index contributed by atoms with van der Waals surface area (Å²) < 4.78 is 18.1. The molecule has 2 saturated heterocycles. The SMILES string of the molecule is Cc1ocnc1C(=O)N1CC[C@H]2O[C@H]3c4ccccc4OC(C)(C)[C@@H]3C[C@H]21. The van der Waals surface area contributed by atoms with Gasteiger partial charge in [-0.2, -0.15) is 0 Å². The first-order chi connectivity index (χ1) is 13.0. The smallest absolute Gasteiger partial charge is 0.276 e. The van der Waals surface area contributed by atoms with Gasteiger partial charge in [-0.3, -0.25) is 4.79 Å². The highest BCUT2D eigenvalue weighted by Crippen LogP contribution is 2.52. The number of carbonyl (C=O) groups excluding carboxylic acids is 1. The van der Waals surface area contributed by atoms with Crippen molar-refractivity contribution < 1.29 is 18.7 Å². The van der Waals surface area contributed by atoms with Gasteiger partial charge in [-0.05, 0) is 39.7 Å². The Hall–Kier alpha value is -2.34. The maximum absolute atomic E-state index is 13.0. The molecule has 0 spiro atoms. The van der Waals surface area contributed by atoms with Crippen LogP contribution in [0.15, 0.2) is 35.1 Å². The van der Waals surface area contributed by atoms with Crippen molar-refractivity contribution in [3.63, 3.8) is 0 Å². The number of rotatable bonds is 1. The molecule has 27 heavy (non-hydrogen) atoms. The van der Waals surface area contributed by atoms with Crippen LogP contribution in [0.4, 0.5) is 0 Å². The topological polar surface area (TPSA) is 64.8 Å². The molecule has 142 valence electrons. The average molecular weight is 368 g/mol. The van der Waals surface area contributed by atoms with E-state index in [1.54, 1.807) is 6.92 Å². The first kappa shape index (κ1) is 16.8. The van der Waals surface area contributed by atoms with Crippen molar-refractivity contribution in [2.75, 3.05) is 6.54 Å². The maximum Gasteiger partial charge on any atom is 0.276 e. The summed E-state index contributed by atoms with van der Waals surface area (Å²) in [5, 5.41) is 0. The largest absolute Gasteiger partial charge is 0.487 e. The van der Waals surface area contributed by atoms with Crippen LogP contribution in [0.25, 0.3) is 0 Å². The van der Waals surface area contributed by atoms with E-state index in [-0.39, 0.29) is 35.7 Å². The zero-order valence-electron chi connectivity index (χ0n) is 15.8. The zero-order chi connectivity index (χ0) is 18.8. The molecule has 3 aliphatic rings. The molecule has 0 unspecified atom stereocenters. The second-order valence-electron chi connectivity index (χ2n) is 8.29. The number of para-hydroxylation sites is 1. The molecule has 5 rings (SSSR count). The molecule has 1 aromatic heterocycles. The van der Waals surface area contributed by atoms with Gasteiger partial charge in [0.15, 0.2) is 12.1 Å². The molecular formula is C21H24N2O4. The number of hydrogen-bond donors (Lipinski definition) is 0. The number of aromatic nitrogens is 1. The highest BCUT2D eigenvalue weighted by Gasteiger charge is 2.54. The van der Waals surface area contributed by atoms with Crippen LogP contribution in [0.2, 0.25) is 0 Å². The Morgan fingerprint density at radius 2 is 2.11 bits per heavy atom. The lowest BCUT2D eigenvalue weighted by atomic mass is 9.74. The normalized spacial score (nSPS) is 30.9. The number of amides is 1. The molecule has 2 fully saturated rings. The van der Waals surface area contributed by atoms with Crippen LogP contribution in [-0.2, 0) is 4.74 Å². The Balaban J connectivity index is 1.46. The Morgan fingerprint density at radius 3 is 2.89 bits per heavy atom. The first-order valence-electron chi connectivity index (χ1n) is 9.60. The molecule has 4 atom stereocenters. The summed E-state index contributed by atoms with van der Waals surface area (Å²) in [5.41, 5.74) is 1.17. The number of ether oxygens (including phenoxy) is 2. The standard InChI is InChI=1S/C21H24N2O4/c1-12-18(22-11-25-12)20(24)23-9-8-17-15(23)10-14-19(26-17)13-6-4-5-7-16(13)27-21(14,2)3/h4-7,11,14-15,17,19H,8-10H2,1-3H3/t14-,15-,17-,19+/m1/s1. The number of carbonyl (C=O) groups is 1. The van der Waals surface area contributed by atoms with E-state index >= 15 is 0 Å². The molecule has 4 heterocycles. The Morgan fingerprint density at radius 1 is 1.30 bits per heavy atom. The Kier molecular flexibility index (Phi) is 3.63. The molecule has 1 amide bonds. The third kappa shape index (κ3) is 2.50. The predicted octanol–water partition coefficient (Wildman–Crippen LogP) is 3.51. The Labute approximate surface area is 158 Å². The van der Waals surface area contributed by atoms with Gasteiger partial charge in [-0.1, -0.05) is 18.2 Å². The third-order valence-corrected chi connectivity index (χ3v) is 6.37. The van der Waals surface area contributed by atoms with E-state index in [1.165, 1.54) is 6.39 Å². The highest BCUT2D eigenvalue weighted by atomic mass is 16.5. The molecule has 0 N–H and O–H groups in total. The van der Waals surface area contributed by atoms with Crippen LogP contribution >= 0.6 is 0 Å². The lowest BCUT2D eigenvalue weighted by molar-refractivity contribution is -0.159. The maximum atomic E-state index is 13.0. The van der Waals surface area contributed by atoms with Crippen molar-refractivity contribution >= 4 is 5.91 Å². The van der Waals surface area contributed by atoms with Crippen molar-refractivity contribution in [3.05, 3.63) is 47.7 Å². The summed E-state index contributed by atoms with van der Waals surface area (Å²) in [6, 6.07) is 8.19. The van der Waals surface area contributed by atoms with Crippen LogP contribution < -0.4 is 4.74 Å². The fourth-order valence-electron chi connectivity index (χ4n) is 4.93. The molecule has 0 bridgehead atoms. The van der Waals surface area contributed by atoms with Crippen molar-refractivity contribution in [1.82, 2.24) is 9.88 Å². The molecule has 2 aromatic rings. The van der Waals surface area contributed by atoms with Crippen molar-refractivity contribution in [2.24, 2.45) is 5.92 Å². The number of oxazole rings is 1. The first-order valence-corrected chi connectivity index (χ1v) is 9.60. The van der Waals surface area contributed by atoms with Gasteiger partial charge in [0.25, 0.3) is 5.91 Å². The summed E-state index contributed by atoms with van der Waals surface area (Å²) in [7, 11) is 0. The minimum atomic E-state index is -0.356. The molecule has 0 aliphatic carbocycles. The summed E-state index contributed by atoms with van der Waals surface area (Å²) in [4.78, 5) is 19.1. The zero-order valence-corrected chi connectivity index (χ0v) is 15.8. The van der Waals surface area contributed by atoms with Crippen molar-refractivity contribution in [2.45, 2.75) is 57.5 Å². The fraction of sp³-hybridized carbons (Fsp3) is 0.524. The van der Waals surface area contributed by atoms with Crippen LogP contribution in [0.1, 0.15) is 54.6 Å². The highest BCUT2D eigenvalue weighted by molar-refractivity contribution is 5.93. The molecule has 1 aromatic carbocycles. The van der Waals surface area contributed by atoms with Gasteiger partial charge in [0.1, 0.15) is 17.1 Å². The lowest BCUT2D eigenvalue weighted by Gasteiger charge is -2.50. The van der Waals surface area contributed by atoms with Crippen LogP contribution in [-0.4, -0.2) is 40.1 Å². The van der Waals surface area contributed by atoms with Crippen molar-refractivity contribution in [1.29, 1.82) is 0 Å². The summed E-state index contributed by atoms with van der Waals surface area (Å²) >= 11 is 0. The van der Waals surface area contributed by atoms with Crippen LogP contribution in [0.5, 0.6) is 5.75 Å². The van der Waals surface area contributed by atoms with Gasteiger partial charge in [0, 0.05) is 18.0 Å². The van der Waals surface area contributed by atoms with E-state index in [0.717, 1.165) is 24.2 Å².